The molecular formula is C24H21BrN2O5. The third-order valence-electron chi connectivity index (χ3n) is 4.33. The van der Waals surface area contributed by atoms with Gasteiger partial charge in [0, 0.05) is 27.8 Å². The van der Waals surface area contributed by atoms with E-state index in [0.717, 1.165) is 10.0 Å². The van der Waals surface area contributed by atoms with Gasteiger partial charge in [-0.05, 0) is 67.1 Å². The summed E-state index contributed by atoms with van der Waals surface area (Å²) in [4.78, 5) is 36.0. The van der Waals surface area contributed by atoms with Crippen molar-refractivity contribution in [2.75, 3.05) is 11.9 Å². The summed E-state index contributed by atoms with van der Waals surface area (Å²) in [6.45, 7) is 2.22. The Labute approximate surface area is 193 Å². The van der Waals surface area contributed by atoms with Gasteiger partial charge in [-0.1, -0.05) is 34.1 Å². The third kappa shape index (κ3) is 6.68. The molecule has 0 saturated carbocycles. The molecule has 7 nitrogen and oxygen atoms in total. The highest BCUT2D eigenvalue weighted by Crippen LogP contribution is 2.16. The van der Waals surface area contributed by atoms with E-state index in [1.807, 2.05) is 18.2 Å². The van der Waals surface area contributed by atoms with Crippen LogP contribution in [0.2, 0.25) is 0 Å². The first-order valence-corrected chi connectivity index (χ1v) is 10.6. The number of carbonyl (C=O) groups is 3. The van der Waals surface area contributed by atoms with E-state index in [1.165, 1.54) is 12.1 Å². The minimum atomic E-state index is -0.791. The molecule has 0 fully saturated rings. The molecule has 3 aromatic rings. The van der Waals surface area contributed by atoms with Crippen molar-refractivity contribution in [3.8, 4) is 5.75 Å². The Morgan fingerprint density at radius 2 is 1.59 bits per heavy atom. The number of anilines is 1. The number of amides is 2. The molecule has 3 aromatic carbocycles. The normalized spacial score (nSPS) is 10.2. The number of carbonyl (C=O) groups excluding carboxylic acids is 3. The van der Waals surface area contributed by atoms with E-state index >= 15 is 0 Å². The maximum Gasteiger partial charge on any atom is 0.513 e. The number of benzene rings is 3. The molecule has 3 rings (SSSR count). The van der Waals surface area contributed by atoms with Gasteiger partial charge in [0.25, 0.3) is 11.8 Å². The lowest BCUT2D eigenvalue weighted by Gasteiger charge is -2.09. The van der Waals surface area contributed by atoms with Gasteiger partial charge in [-0.25, -0.2) is 4.79 Å². The fraction of sp³-hybridized carbons (Fsp3) is 0.125. The first-order valence-electron chi connectivity index (χ1n) is 9.83. The maximum absolute atomic E-state index is 12.3. The Hall–Kier alpha value is -3.65. The van der Waals surface area contributed by atoms with Crippen molar-refractivity contribution in [2.45, 2.75) is 13.5 Å². The number of hydrogen-bond donors (Lipinski definition) is 2. The summed E-state index contributed by atoms with van der Waals surface area (Å²) in [5.41, 5.74) is 2.51. The largest absolute Gasteiger partial charge is 0.513 e. The van der Waals surface area contributed by atoms with Gasteiger partial charge in [0.1, 0.15) is 5.75 Å². The molecule has 0 saturated heterocycles. The summed E-state index contributed by atoms with van der Waals surface area (Å²) in [6, 6.07) is 20.5. The van der Waals surface area contributed by atoms with Crippen LogP contribution in [-0.2, 0) is 11.3 Å². The van der Waals surface area contributed by atoms with Crippen molar-refractivity contribution < 1.29 is 23.9 Å². The van der Waals surface area contributed by atoms with Gasteiger partial charge in [0.2, 0.25) is 0 Å². The summed E-state index contributed by atoms with van der Waals surface area (Å²) in [5, 5.41) is 5.66. The van der Waals surface area contributed by atoms with E-state index in [9.17, 15) is 14.4 Å². The van der Waals surface area contributed by atoms with Crippen molar-refractivity contribution in [3.63, 3.8) is 0 Å². The average Bonchev–Trinajstić information content (AvgIpc) is 2.79. The first kappa shape index (κ1) is 23.0. The molecule has 2 amide bonds. The third-order valence-corrected chi connectivity index (χ3v) is 4.82. The molecule has 0 aromatic heterocycles. The number of ether oxygens (including phenoxy) is 2. The molecule has 0 spiro atoms. The molecule has 0 unspecified atom stereocenters. The van der Waals surface area contributed by atoms with Crippen LogP contribution in [0.15, 0.2) is 77.3 Å². The highest BCUT2D eigenvalue weighted by molar-refractivity contribution is 9.10. The quantitative estimate of drug-likeness (QED) is 0.347. The van der Waals surface area contributed by atoms with Gasteiger partial charge < -0.3 is 20.1 Å². The van der Waals surface area contributed by atoms with E-state index in [-0.39, 0.29) is 18.4 Å². The zero-order valence-corrected chi connectivity index (χ0v) is 18.8. The van der Waals surface area contributed by atoms with E-state index in [4.69, 9.17) is 9.47 Å². The van der Waals surface area contributed by atoms with Crippen LogP contribution in [0.5, 0.6) is 5.75 Å². The van der Waals surface area contributed by atoms with Gasteiger partial charge in [0.15, 0.2) is 0 Å². The SMILES string of the molecule is CCOC(=O)Oc1ccc(C(=O)NCc2ccc(NC(=O)c3cccc(Br)c3)cc2)cc1. The second kappa shape index (κ2) is 11.1. The fourth-order valence-corrected chi connectivity index (χ4v) is 3.14. The zero-order chi connectivity index (χ0) is 22.9. The van der Waals surface area contributed by atoms with Gasteiger partial charge in [0.05, 0.1) is 6.61 Å². The molecule has 8 heteroatoms. The van der Waals surface area contributed by atoms with Crippen LogP contribution >= 0.6 is 15.9 Å². The Bertz CT molecular complexity index is 1100. The van der Waals surface area contributed by atoms with Gasteiger partial charge >= 0.3 is 6.16 Å². The lowest BCUT2D eigenvalue weighted by atomic mass is 10.1. The lowest BCUT2D eigenvalue weighted by Crippen LogP contribution is -2.22. The standard InChI is InChI=1S/C24H21BrN2O5/c1-2-31-24(30)32-21-12-8-17(9-13-21)22(28)26-15-16-6-10-20(11-7-16)27-23(29)18-4-3-5-19(25)14-18/h3-14H,2,15H2,1H3,(H,26,28)(H,27,29). The van der Waals surface area contributed by atoms with E-state index in [2.05, 4.69) is 26.6 Å². The summed E-state index contributed by atoms with van der Waals surface area (Å²) < 4.78 is 10.5. The molecule has 0 aliphatic rings. The monoisotopic (exact) mass is 496 g/mol. The number of rotatable bonds is 7. The molecule has 0 radical (unpaired) electrons. The van der Waals surface area contributed by atoms with Crippen LogP contribution in [0.1, 0.15) is 33.2 Å². The molecule has 164 valence electrons. The average molecular weight is 497 g/mol. The topological polar surface area (TPSA) is 93.7 Å². The summed E-state index contributed by atoms with van der Waals surface area (Å²) in [6.07, 6.45) is -0.791. The molecule has 0 bridgehead atoms. The summed E-state index contributed by atoms with van der Waals surface area (Å²) in [5.74, 6) is -0.178. The second-order valence-corrected chi connectivity index (χ2v) is 7.57. The van der Waals surface area contributed by atoms with Crippen molar-refractivity contribution in [2.24, 2.45) is 0 Å². The van der Waals surface area contributed by atoms with Crippen molar-refractivity contribution in [1.29, 1.82) is 0 Å². The highest BCUT2D eigenvalue weighted by atomic mass is 79.9. The molecule has 2 N–H and O–H groups in total. The minimum Gasteiger partial charge on any atom is -0.434 e. The zero-order valence-electron chi connectivity index (χ0n) is 17.3. The van der Waals surface area contributed by atoms with Gasteiger partial charge in [-0.3, -0.25) is 9.59 Å². The molecule has 0 atom stereocenters. The highest BCUT2D eigenvalue weighted by Gasteiger charge is 2.09. The molecule has 0 aliphatic heterocycles. The smallest absolute Gasteiger partial charge is 0.434 e. The van der Waals surface area contributed by atoms with Crippen molar-refractivity contribution in [1.82, 2.24) is 5.32 Å². The fourth-order valence-electron chi connectivity index (χ4n) is 2.74. The van der Waals surface area contributed by atoms with Gasteiger partial charge in [-0.2, -0.15) is 0 Å². The molecule has 0 heterocycles. The van der Waals surface area contributed by atoms with Crippen molar-refractivity contribution in [3.05, 3.63) is 94.0 Å². The molecule has 0 aliphatic carbocycles. The number of nitrogens with one attached hydrogen (secondary N) is 2. The lowest BCUT2D eigenvalue weighted by molar-refractivity contribution is 0.0950. The molecular weight excluding hydrogens is 476 g/mol. The van der Waals surface area contributed by atoms with Crippen LogP contribution in [0.4, 0.5) is 10.5 Å². The number of hydrogen-bond acceptors (Lipinski definition) is 5. The predicted octanol–water partition coefficient (Wildman–Crippen LogP) is 5.17. The number of halogens is 1. The Morgan fingerprint density at radius 1 is 0.875 bits per heavy atom. The molecule has 32 heavy (non-hydrogen) atoms. The van der Waals surface area contributed by atoms with E-state index < -0.39 is 6.16 Å². The Balaban J connectivity index is 1.50. The minimum absolute atomic E-state index is 0.206. The second-order valence-electron chi connectivity index (χ2n) is 6.65. The van der Waals surface area contributed by atoms with Crippen LogP contribution in [0.25, 0.3) is 0 Å². The Morgan fingerprint density at radius 3 is 2.25 bits per heavy atom. The Kier molecular flexibility index (Phi) is 7.99. The van der Waals surface area contributed by atoms with Crippen molar-refractivity contribution >= 4 is 39.6 Å². The van der Waals surface area contributed by atoms with Crippen LogP contribution in [0.3, 0.4) is 0 Å². The summed E-state index contributed by atoms with van der Waals surface area (Å²) >= 11 is 3.35. The van der Waals surface area contributed by atoms with Crippen LogP contribution < -0.4 is 15.4 Å². The van der Waals surface area contributed by atoms with Gasteiger partial charge in [-0.15, -0.1) is 0 Å². The maximum atomic E-state index is 12.3. The first-order chi connectivity index (χ1) is 15.4. The van der Waals surface area contributed by atoms with E-state index in [0.29, 0.717) is 29.1 Å². The van der Waals surface area contributed by atoms with E-state index in [1.54, 1.807) is 49.4 Å². The van der Waals surface area contributed by atoms with Crippen LogP contribution in [-0.4, -0.2) is 24.6 Å². The predicted molar refractivity (Wildman–Crippen MR) is 124 cm³/mol. The summed E-state index contributed by atoms with van der Waals surface area (Å²) in [7, 11) is 0. The van der Waals surface area contributed by atoms with Crippen LogP contribution in [0, 0.1) is 0 Å².